The molecular formula is C13H11N3S. The number of hydrogen-bond acceptors (Lipinski definition) is 3. The molecule has 3 nitrogen and oxygen atoms in total. The summed E-state index contributed by atoms with van der Waals surface area (Å²) in [7, 11) is 0. The van der Waals surface area contributed by atoms with E-state index in [1.165, 1.54) is 5.56 Å². The number of imidazole rings is 1. The van der Waals surface area contributed by atoms with Gasteiger partial charge in [0.2, 0.25) is 0 Å². The smallest absolute Gasteiger partial charge is 0.173 e. The quantitative estimate of drug-likeness (QED) is 0.689. The van der Waals surface area contributed by atoms with E-state index < -0.39 is 0 Å². The second-order valence-electron chi connectivity index (χ2n) is 3.79. The molecule has 0 unspecified atom stereocenters. The van der Waals surface area contributed by atoms with Crippen LogP contribution < -0.4 is 0 Å². The van der Waals surface area contributed by atoms with E-state index in [1.54, 1.807) is 23.7 Å². The van der Waals surface area contributed by atoms with Gasteiger partial charge in [-0.05, 0) is 19.1 Å². The normalized spacial score (nSPS) is 10.6. The van der Waals surface area contributed by atoms with Gasteiger partial charge in [-0.2, -0.15) is 0 Å². The number of rotatable bonds is 2. The van der Waals surface area contributed by atoms with Crippen LogP contribution in [0, 0.1) is 6.92 Å². The first-order valence-electron chi connectivity index (χ1n) is 5.35. The Labute approximate surface area is 103 Å². The predicted molar refractivity (Wildman–Crippen MR) is 69.4 cm³/mol. The minimum atomic E-state index is 0.892. The van der Waals surface area contributed by atoms with Crippen LogP contribution in [-0.2, 0) is 0 Å². The number of aryl methyl sites for hydroxylation is 1. The van der Waals surface area contributed by atoms with Crippen molar-refractivity contribution in [2.24, 2.45) is 0 Å². The zero-order valence-electron chi connectivity index (χ0n) is 9.37. The zero-order chi connectivity index (χ0) is 11.7. The third-order valence-corrected chi connectivity index (χ3v) is 3.35. The van der Waals surface area contributed by atoms with Crippen molar-refractivity contribution in [3.63, 3.8) is 0 Å². The summed E-state index contributed by atoms with van der Waals surface area (Å²) >= 11 is 1.60. The molecule has 3 aromatic rings. The van der Waals surface area contributed by atoms with Crippen LogP contribution in [-0.4, -0.2) is 14.5 Å². The molecule has 0 saturated carbocycles. The predicted octanol–water partition coefficient (Wildman–Crippen LogP) is 3.30. The van der Waals surface area contributed by atoms with E-state index in [9.17, 15) is 0 Å². The molecule has 0 spiro atoms. The topological polar surface area (TPSA) is 30.7 Å². The van der Waals surface area contributed by atoms with Crippen LogP contribution in [0.1, 0.15) is 5.56 Å². The molecule has 17 heavy (non-hydrogen) atoms. The Bertz CT molecular complexity index is 608. The third kappa shape index (κ3) is 1.87. The van der Waals surface area contributed by atoms with E-state index in [0.29, 0.717) is 0 Å². The van der Waals surface area contributed by atoms with Gasteiger partial charge < -0.3 is 0 Å². The molecule has 84 valence electrons. The molecule has 0 bridgehead atoms. The van der Waals surface area contributed by atoms with Crippen molar-refractivity contribution in [1.29, 1.82) is 0 Å². The Balaban J connectivity index is 2.10. The Morgan fingerprint density at radius 3 is 2.59 bits per heavy atom. The minimum Gasteiger partial charge on any atom is -0.298 e. The highest BCUT2D eigenvalue weighted by Crippen LogP contribution is 2.23. The van der Waals surface area contributed by atoms with E-state index in [2.05, 4.69) is 45.7 Å². The number of aromatic nitrogens is 3. The SMILES string of the molecule is Cc1ccc(-n2ccnc2-c2nccs2)cc1. The second kappa shape index (κ2) is 4.14. The Morgan fingerprint density at radius 2 is 1.88 bits per heavy atom. The molecule has 4 heteroatoms. The molecule has 0 atom stereocenters. The number of nitrogens with zero attached hydrogens (tertiary/aromatic N) is 3. The van der Waals surface area contributed by atoms with Gasteiger partial charge in [0.05, 0.1) is 0 Å². The monoisotopic (exact) mass is 241 g/mol. The molecule has 0 aliphatic carbocycles. The maximum Gasteiger partial charge on any atom is 0.173 e. The van der Waals surface area contributed by atoms with Gasteiger partial charge in [0.15, 0.2) is 10.8 Å². The van der Waals surface area contributed by atoms with Gasteiger partial charge in [-0.25, -0.2) is 9.97 Å². The highest BCUT2D eigenvalue weighted by molar-refractivity contribution is 7.13. The average molecular weight is 241 g/mol. The van der Waals surface area contributed by atoms with Crippen molar-refractivity contribution in [2.45, 2.75) is 6.92 Å². The lowest BCUT2D eigenvalue weighted by Crippen LogP contribution is -1.95. The van der Waals surface area contributed by atoms with Crippen molar-refractivity contribution in [3.8, 4) is 16.5 Å². The summed E-state index contributed by atoms with van der Waals surface area (Å²) in [6, 6.07) is 8.38. The number of thiazole rings is 1. The molecule has 2 heterocycles. The van der Waals surface area contributed by atoms with Crippen molar-refractivity contribution < 1.29 is 0 Å². The van der Waals surface area contributed by atoms with Crippen LogP contribution in [0.3, 0.4) is 0 Å². The summed E-state index contributed by atoms with van der Waals surface area (Å²) in [5.74, 6) is 0.892. The fraction of sp³-hybridized carbons (Fsp3) is 0.0769. The fourth-order valence-electron chi connectivity index (χ4n) is 1.71. The lowest BCUT2D eigenvalue weighted by atomic mass is 10.2. The Morgan fingerprint density at radius 1 is 1.06 bits per heavy atom. The molecule has 0 amide bonds. The van der Waals surface area contributed by atoms with Gasteiger partial charge in [-0.15, -0.1) is 11.3 Å². The number of benzene rings is 1. The first kappa shape index (κ1) is 10.2. The zero-order valence-corrected chi connectivity index (χ0v) is 10.2. The molecule has 0 radical (unpaired) electrons. The molecule has 1 aromatic carbocycles. The van der Waals surface area contributed by atoms with E-state index in [0.717, 1.165) is 16.5 Å². The van der Waals surface area contributed by atoms with Crippen LogP contribution in [0.25, 0.3) is 16.5 Å². The highest BCUT2D eigenvalue weighted by atomic mass is 32.1. The lowest BCUT2D eigenvalue weighted by Gasteiger charge is -2.06. The third-order valence-electron chi connectivity index (χ3n) is 2.58. The molecule has 0 N–H and O–H groups in total. The lowest BCUT2D eigenvalue weighted by molar-refractivity contribution is 1.06. The molecular weight excluding hydrogens is 230 g/mol. The van der Waals surface area contributed by atoms with Crippen molar-refractivity contribution in [3.05, 3.63) is 53.8 Å². The van der Waals surface area contributed by atoms with Crippen molar-refractivity contribution >= 4 is 11.3 Å². The van der Waals surface area contributed by atoms with Crippen LogP contribution in [0.2, 0.25) is 0 Å². The van der Waals surface area contributed by atoms with Crippen LogP contribution in [0.5, 0.6) is 0 Å². The van der Waals surface area contributed by atoms with Gasteiger partial charge in [-0.1, -0.05) is 17.7 Å². The van der Waals surface area contributed by atoms with Gasteiger partial charge in [-0.3, -0.25) is 4.57 Å². The van der Waals surface area contributed by atoms with Crippen LogP contribution in [0.15, 0.2) is 48.2 Å². The first-order chi connectivity index (χ1) is 8.34. The van der Waals surface area contributed by atoms with E-state index >= 15 is 0 Å². The largest absolute Gasteiger partial charge is 0.298 e. The van der Waals surface area contributed by atoms with Crippen molar-refractivity contribution in [1.82, 2.24) is 14.5 Å². The van der Waals surface area contributed by atoms with Gasteiger partial charge in [0, 0.05) is 29.7 Å². The van der Waals surface area contributed by atoms with Crippen molar-refractivity contribution in [2.75, 3.05) is 0 Å². The summed E-state index contributed by atoms with van der Waals surface area (Å²) in [6.45, 7) is 2.08. The summed E-state index contributed by atoms with van der Waals surface area (Å²) in [5, 5.41) is 2.90. The maximum absolute atomic E-state index is 4.37. The summed E-state index contributed by atoms with van der Waals surface area (Å²) in [4.78, 5) is 8.67. The summed E-state index contributed by atoms with van der Waals surface area (Å²) in [5.41, 5.74) is 2.36. The Hall–Kier alpha value is -1.94. The van der Waals surface area contributed by atoms with Crippen LogP contribution >= 0.6 is 11.3 Å². The molecule has 2 aromatic heterocycles. The van der Waals surface area contributed by atoms with Crippen LogP contribution in [0.4, 0.5) is 0 Å². The Kier molecular flexibility index (Phi) is 2.49. The van der Waals surface area contributed by atoms with Gasteiger partial charge in [0.25, 0.3) is 0 Å². The second-order valence-corrected chi connectivity index (χ2v) is 4.69. The average Bonchev–Trinajstić information content (AvgIpc) is 3.00. The molecule has 0 fully saturated rings. The highest BCUT2D eigenvalue weighted by Gasteiger charge is 2.09. The fourth-order valence-corrected chi connectivity index (χ4v) is 2.34. The summed E-state index contributed by atoms with van der Waals surface area (Å²) in [6.07, 6.45) is 5.56. The molecule has 0 aliphatic rings. The summed E-state index contributed by atoms with van der Waals surface area (Å²) < 4.78 is 2.05. The first-order valence-corrected chi connectivity index (χ1v) is 6.23. The standard InChI is InChI=1S/C13H11N3S/c1-10-2-4-11(5-3-10)16-8-6-14-12(16)13-15-7-9-17-13/h2-9H,1H3. The molecule has 0 aliphatic heterocycles. The van der Waals surface area contributed by atoms with E-state index in [1.807, 2.05) is 11.6 Å². The van der Waals surface area contributed by atoms with Gasteiger partial charge in [0.1, 0.15) is 0 Å². The minimum absolute atomic E-state index is 0.892. The van der Waals surface area contributed by atoms with E-state index in [-0.39, 0.29) is 0 Å². The molecule has 0 saturated heterocycles. The molecule has 3 rings (SSSR count). The maximum atomic E-state index is 4.37. The van der Waals surface area contributed by atoms with E-state index in [4.69, 9.17) is 0 Å². The number of hydrogen-bond donors (Lipinski definition) is 0. The van der Waals surface area contributed by atoms with Gasteiger partial charge >= 0.3 is 0 Å².